The van der Waals surface area contributed by atoms with E-state index in [1.165, 1.54) is 0 Å². The molecule has 0 spiro atoms. The number of rotatable bonds is 13. The largest absolute Gasteiger partial charge is 0.478 e. The second-order valence-corrected chi connectivity index (χ2v) is 6.77. The van der Waals surface area contributed by atoms with E-state index in [4.69, 9.17) is 20.4 Å². The molecule has 1 amide bonds. The molecule has 13 heteroatoms. The van der Waals surface area contributed by atoms with Crippen molar-refractivity contribution in [1.82, 2.24) is 20.5 Å². The fourth-order valence-electron chi connectivity index (χ4n) is 1.95. The summed E-state index contributed by atoms with van der Waals surface area (Å²) in [5, 5.41) is 37.5. The quantitative estimate of drug-likeness (QED) is 0.160. The standard InChI is InChI=1S/C14H24N4O.2C4H4O4/c1-18(2)12-4-8-15-7-3-9-17-14(19)13-5-10-16-11-6-13;2*5-3(6)1-2-4(7)8/h5-6,10-11,15H,3-4,7-9,12H2,1-2H3,(H,17,19);2*1-2H,(H,5,6)(H,7,8)/b;2*2-1-. The van der Waals surface area contributed by atoms with Crippen molar-refractivity contribution in [2.45, 2.75) is 12.8 Å². The Kier molecular flexibility index (Phi) is 20.5. The summed E-state index contributed by atoms with van der Waals surface area (Å²) in [6, 6.07) is 3.43. The predicted octanol–water partition coefficient (Wildman–Crippen LogP) is 0.166. The summed E-state index contributed by atoms with van der Waals surface area (Å²) in [5.41, 5.74) is 0.661. The van der Waals surface area contributed by atoms with E-state index in [0.717, 1.165) is 32.5 Å². The van der Waals surface area contributed by atoms with Crippen LogP contribution in [0.1, 0.15) is 23.2 Å². The van der Waals surface area contributed by atoms with Gasteiger partial charge in [0.25, 0.3) is 5.91 Å². The van der Waals surface area contributed by atoms with E-state index in [9.17, 15) is 24.0 Å². The normalized spacial score (nSPS) is 10.1. The molecule has 0 aliphatic rings. The maximum atomic E-state index is 11.7. The predicted molar refractivity (Wildman–Crippen MR) is 126 cm³/mol. The van der Waals surface area contributed by atoms with E-state index in [0.29, 0.717) is 36.4 Å². The third-order valence-electron chi connectivity index (χ3n) is 3.45. The molecule has 35 heavy (non-hydrogen) atoms. The number of carbonyl (C=O) groups excluding carboxylic acids is 1. The van der Waals surface area contributed by atoms with Gasteiger partial charge in [0.15, 0.2) is 0 Å². The van der Waals surface area contributed by atoms with Crippen molar-refractivity contribution in [3.05, 3.63) is 54.4 Å². The van der Waals surface area contributed by atoms with Crippen molar-refractivity contribution >= 4 is 29.8 Å². The van der Waals surface area contributed by atoms with Crippen molar-refractivity contribution < 1.29 is 44.4 Å². The molecule has 13 nitrogen and oxygen atoms in total. The van der Waals surface area contributed by atoms with Crippen molar-refractivity contribution in [2.24, 2.45) is 0 Å². The zero-order chi connectivity index (χ0) is 27.1. The molecule has 0 aromatic carbocycles. The van der Waals surface area contributed by atoms with Crippen LogP contribution in [-0.2, 0) is 19.2 Å². The van der Waals surface area contributed by atoms with Gasteiger partial charge in [0.05, 0.1) is 0 Å². The van der Waals surface area contributed by atoms with E-state index in [1.54, 1.807) is 24.5 Å². The number of nitrogens with zero attached hydrogens (tertiary/aromatic N) is 2. The lowest BCUT2D eigenvalue weighted by molar-refractivity contribution is -0.134. The van der Waals surface area contributed by atoms with Crippen LogP contribution in [0.15, 0.2) is 48.8 Å². The molecule has 1 aromatic heterocycles. The Bertz CT molecular complexity index is 775. The minimum absolute atomic E-state index is 0.0324. The Hall–Kier alpha value is -4.10. The fraction of sp³-hybridized carbons (Fsp3) is 0.364. The van der Waals surface area contributed by atoms with Crippen LogP contribution in [0, 0.1) is 0 Å². The fourth-order valence-corrected chi connectivity index (χ4v) is 1.95. The number of pyridine rings is 1. The molecule has 0 unspecified atom stereocenters. The van der Waals surface area contributed by atoms with Crippen molar-refractivity contribution in [3.8, 4) is 0 Å². The number of carboxylic acid groups (broad SMARTS) is 4. The summed E-state index contributed by atoms with van der Waals surface area (Å²) >= 11 is 0. The SMILES string of the molecule is CN(C)CCCNCCCNC(=O)c1ccncc1.O=C(O)/C=C\C(=O)O.O=C(O)/C=C\C(=O)O. The average molecular weight is 497 g/mol. The van der Waals surface area contributed by atoms with Gasteiger partial charge in [0, 0.05) is 48.8 Å². The van der Waals surface area contributed by atoms with Crippen LogP contribution in [0.2, 0.25) is 0 Å². The molecule has 6 N–H and O–H groups in total. The molecule has 0 saturated carbocycles. The van der Waals surface area contributed by atoms with Gasteiger partial charge in [0.2, 0.25) is 0 Å². The molecule has 1 aromatic rings. The number of carbonyl (C=O) groups is 5. The molecule has 0 aliphatic carbocycles. The third kappa shape index (κ3) is 27.9. The zero-order valence-electron chi connectivity index (χ0n) is 19.6. The summed E-state index contributed by atoms with van der Waals surface area (Å²) < 4.78 is 0. The smallest absolute Gasteiger partial charge is 0.328 e. The monoisotopic (exact) mass is 496 g/mol. The van der Waals surface area contributed by atoms with E-state index in [-0.39, 0.29) is 5.91 Å². The molecule has 194 valence electrons. The van der Waals surface area contributed by atoms with Crippen LogP contribution in [0.25, 0.3) is 0 Å². The number of carboxylic acids is 4. The van der Waals surface area contributed by atoms with Gasteiger partial charge >= 0.3 is 23.9 Å². The molecule has 0 bridgehead atoms. The summed E-state index contributed by atoms with van der Waals surface area (Å²) in [7, 11) is 4.16. The first-order valence-electron chi connectivity index (χ1n) is 10.3. The minimum Gasteiger partial charge on any atom is -0.478 e. The van der Waals surface area contributed by atoms with Gasteiger partial charge < -0.3 is 36.0 Å². The Balaban J connectivity index is 0. The lowest BCUT2D eigenvalue weighted by Gasteiger charge is -2.10. The number of aromatic nitrogens is 1. The summed E-state index contributed by atoms with van der Waals surface area (Å²) in [6.45, 7) is 3.76. The molecular formula is C22H32N4O9. The van der Waals surface area contributed by atoms with Gasteiger partial charge in [-0.1, -0.05) is 0 Å². The summed E-state index contributed by atoms with van der Waals surface area (Å²) in [5.74, 6) is -5.06. The summed E-state index contributed by atoms with van der Waals surface area (Å²) in [6.07, 6.45) is 7.58. The van der Waals surface area contributed by atoms with Crippen LogP contribution >= 0.6 is 0 Å². The first-order valence-corrected chi connectivity index (χ1v) is 10.3. The highest BCUT2D eigenvalue weighted by Crippen LogP contribution is 1.95. The topological polar surface area (TPSA) is 206 Å². The van der Waals surface area contributed by atoms with Crippen LogP contribution < -0.4 is 10.6 Å². The Morgan fingerprint density at radius 2 is 1.20 bits per heavy atom. The van der Waals surface area contributed by atoms with E-state index < -0.39 is 23.9 Å². The minimum atomic E-state index is -1.26. The van der Waals surface area contributed by atoms with Crippen LogP contribution in [0.5, 0.6) is 0 Å². The first kappa shape index (κ1) is 33.1. The van der Waals surface area contributed by atoms with Gasteiger partial charge in [-0.3, -0.25) is 9.78 Å². The first-order chi connectivity index (χ1) is 16.5. The Morgan fingerprint density at radius 1 is 0.771 bits per heavy atom. The second kappa shape index (κ2) is 21.7. The second-order valence-electron chi connectivity index (χ2n) is 6.77. The van der Waals surface area contributed by atoms with E-state index >= 15 is 0 Å². The Morgan fingerprint density at radius 3 is 1.60 bits per heavy atom. The molecule has 0 aliphatic heterocycles. The maximum absolute atomic E-state index is 11.7. The number of aliphatic carboxylic acids is 4. The van der Waals surface area contributed by atoms with Crippen molar-refractivity contribution in [3.63, 3.8) is 0 Å². The molecule has 0 atom stereocenters. The molecule has 0 saturated heterocycles. The highest BCUT2D eigenvalue weighted by atomic mass is 16.4. The lowest BCUT2D eigenvalue weighted by atomic mass is 10.2. The van der Waals surface area contributed by atoms with Gasteiger partial charge in [-0.15, -0.1) is 0 Å². The number of nitrogens with one attached hydrogen (secondary N) is 2. The van der Waals surface area contributed by atoms with Crippen LogP contribution in [-0.4, -0.2) is 100 Å². The van der Waals surface area contributed by atoms with E-state index in [1.807, 2.05) is 0 Å². The van der Waals surface area contributed by atoms with Gasteiger partial charge in [-0.25, -0.2) is 19.2 Å². The van der Waals surface area contributed by atoms with Crippen molar-refractivity contribution in [2.75, 3.05) is 40.3 Å². The Labute approximate surface area is 202 Å². The number of hydrogen-bond donors (Lipinski definition) is 6. The number of hydrogen-bond acceptors (Lipinski definition) is 8. The highest BCUT2D eigenvalue weighted by molar-refractivity contribution is 5.94. The highest BCUT2D eigenvalue weighted by Gasteiger charge is 2.02. The maximum Gasteiger partial charge on any atom is 0.328 e. The molecule has 0 radical (unpaired) electrons. The third-order valence-corrected chi connectivity index (χ3v) is 3.45. The van der Waals surface area contributed by atoms with Crippen molar-refractivity contribution in [1.29, 1.82) is 0 Å². The van der Waals surface area contributed by atoms with Crippen LogP contribution in [0.4, 0.5) is 0 Å². The number of amides is 1. The lowest BCUT2D eigenvalue weighted by Crippen LogP contribution is -2.28. The van der Waals surface area contributed by atoms with Gasteiger partial charge in [0.1, 0.15) is 0 Å². The zero-order valence-corrected chi connectivity index (χ0v) is 19.6. The molecule has 1 heterocycles. The molecule has 1 rings (SSSR count). The van der Waals surface area contributed by atoms with E-state index in [2.05, 4.69) is 34.6 Å². The van der Waals surface area contributed by atoms with Gasteiger partial charge in [-0.05, 0) is 58.7 Å². The van der Waals surface area contributed by atoms with Gasteiger partial charge in [-0.2, -0.15) is 0 Å². The molecule has 0 fully saturated rings. The van der Waals surface area contributed by atoms with Crippen LogP contribution in [0.3, 0.4) is 0 Å². The summed E-state index contributed by atoms with van der Waals surface area (Å²) in [4.78, 5) is 56.0. The average Bonchev–Trinajstić information content (AvgIpc) is 2.79. The molecular weight excluding hydrogens is 464 g/mol.